The number of carbonyl (C=O) groups excluding carboxylic acids is 1. The number of hydrogen-bond donors (Lipinski definition) is 0. The third-order valence-corrected chi connectivity index (χ3v) is 2.07. The molecule has 2 aromatic rings. The zero-order valence-electron chi connectivity index (χ0n) is 8.81. The highest BCUT2D eigenvalue weighted by atomic mass is 16.5. The average Bonchev–Trinajstić information content (AvgIpc) is 2.55. The van der Waals surface area contributed by atoms with Gasteiger partial charge in [0.25, 0.3) is 0 Å². The van der Waals surface area contributed by atoms with Gasteiger partial charge in [0.1, 0.15) is 5.56 Å². The highest BCUT2D eigenvalue weighted by molar-refractivity contribution is 5.95. The van der Waals surface area contributed by atoms with Crippen molar-refractivity contribution < 1.29 is 9.53 Å². The third-order valence-electron chi connectivity index (χ3n) is 2.07. The van der Waals surface area contributed by atoms with Gasteiger partial charge in [0.2, 0.25) is 0 Å². The van der Waals surface area contributed by atoms with E-state index in [9.17, 15) is 4.79 Å². The van der Waals surface area contributed by atoms with Crippen molar-refractivity contribution in [2.24, 2.45) is 0 Å². The Morgan fingerprint density at radius 2 is 2.13 bits per heavy atom. The number of imidazole rings is 1. The fourth-order valence-corrected chi connectivity index (χ4v) is 1.48. The van der Waals surface area contributed by atoms with E-state index in [1.54, 1.807) is 16.8 Å². The number of nitrogens with zero attached hydrogens (tertiary/aromatic N) is 3. The molecule has 78 valence electrons. The highest BCUT2D eigenvalue weighted by Gasteiger charge is 2.14. The summed E-state index contributed by atoms with van der Waals surface area (Å²) < 4.78 is 6.28. The number of fused-ring (bicyclic) bond motifs is 1. The summed E-state index contributed by atoms with van der Waals surface area (Å²) >= 11 is 0. The summed E-state index contributed by atoms with van der Waals surface area (Å²) in [5.74, 6) is -0.392. The SMILES string of the molecule is COC(=O)c1cc(C)nn2cc(C)nc12. The maximum Gasteiger partial charge on any atom is 0.341 e. The Hall–Kier alpha value is -1.91. The Balaban J connectivity index is 2.75. The Kier molecular flexibility index (Phi) is 2.15. The Morgan fingerprint density at radius 3 is 2.80 bits per heavy atom. The summed E-state index contributed by atoms with van der Waals surface area (Å²) in [5.41, 5.74) is 2.54. The maximum absolute atomic E-state index is 11.5. The molecule has 0 saturated heterocycles. The lowest BCUT2D eigenvalue weighted by Gasteiger charge is -2.02. The molecule has 0 radical (unpaired) electrons. The predicted molar refractivity (Wildman–Crippen MR) is 53.8 cm³/mol. The summed E-state index contributed by atoms with van der Waals surface area (Å²) in [4.78, 5) is 15.7. The quantitative estimate of drug-likeness (QED) is 0.655. The second kappa shape index (κ2) is 3.34. The van der Waals surface area contributed by atoms with Gasteiger partial charge in [-0.25, -0.2) is 14.3 Å². The fraction of sp³-hybridized carbons (Fsp3) is 0.300. The minimum atomic E-state index is -0.392. The molecule has 0 amide bonds. The molecule has 0 unspecified atom stereocenters. The van der Waals surface area contributed by atoms with Crippen LogP contribution in [0.1, 0.15) is 21.7 Å². The van der Waals surface area contributed by atoms with Gasteiger partial charge < -0.3 is 4.74 Å². The third kappa shape index (κ3) is 1.56. The van der Waals surface area contributed by atoms with Gasteiger partial charge in [0.05, 0.1) is 24.7 Å². The molecule has 2 rings (SSSR count). The largest absolute Gasteiger partial charge is 0.465 e. The number of hydrogen-bond acceptors (Lipinski definition) is 4. The van der Waals surface area contributed by atoms with Crippen LogP contribution in [0.5, 0.6) is 0 Å². The van der Waals surface area contributed by atoms with E-state index in [0.29, 0.717) is 11.2 Å². The van der Waals surface area contributed by atoms with Gasteiger partial charge in [-0.1, -0.05) is 0 Å². The first-order chi connectivity index (χ1) is 7.11. The van der Waals surface area contributed by atoms with Crippen LogP contribution in [0.4, 0.5) is 0 Å². The molecule has 0 N–H and O–H groups in total. The van der Waals surface area contributed by atoms with Crippen LogP contribution in [0, 0.1) is 13.8 Å². The first kappa shape index (κ1) is 9.64. The van der Waals surface area contributed by atoms with Crippen LogP contribution in [0.3, 0.4) is 0 Å². The van der Waals surface area contributed by atoms with Gasteiger partial charge in [-0.3, -0.25) is 0 Å². The summed E-state index contributed by atoms with van der Waals surface area (Å²) in [7, 11) is 1.35. The van der Waals surface area contributed by atoms with Crippen molar-refractivity contribution in [3.63, 3.8) is 0 Å². The number of rotatable bonds is 1. The summed E-state index contributed by atoms with van der Waals surface area (Å²) in [6, 6.07) is 1.67. The van der Waals surface area contributed by atoms with E-state index in [4.69, 9.17) is 0 Å². The fourth-order valence-electron chi connectivity index (χ4n) is 1.48. The van der Waals surface area contributed by atoms with E-state index in [1.807, 2.05) is 13.8 Å². The van der Waals surface area contributed by atoms with E-state index in [-0.39, 0.29) is 0 Å². The molecular weight excluding hydrogens is 194 g/mol. The van der Waals surface area contributed by atoms with Crippen LogP contribution in [-0.2, 0) is 4.74 Å². The van der Waals surface area contributed by atoms with E-state index in [1.165, 1.54) is 7.11 Å². The molecule has 0 fully saturated rings. The van der Waals surface area contributed by atoms with E-state index in [0.717, 1.165) is 11.4 Å². The number of methoxy groups -OCH3 is 1. The van der Waals surface area contributed by atoms with Gasteiger partial charge in [-0.05, 0) is 19.9 Å². The van der Waals surface area contributed by atoms with Crippen LogP contribution >= 0.6 is 0 Å². The lowest BCUT2D eigenvalue weighted by Crippen LogP contribution is -2.07. The minimum Gasteiger partial charge on any atom is -0.465 e. The molecule has 2 aromatic heterocycles. The van der Waals surface area contributed by atoms with Crippen molar-refractivity contribution >= 4 is 11.6 Å². The molecular formula is C10H11N3O2. The average molecular weight is 205 g/mol. The van der Waals surface area contributed by atoms with Crippen LogP contribution < -0.4 is 0 Å². The maximum atomic E-state index is 11.5. The van der Waals surface area contributed by atoms with Crippen molar-refractivity contribution in [3.8, 4) is 0 Å². The molecule has 0 spiro atoms. The molecule has 0 saturated carbocycles. The van der Waals surface area contributed by atoms with E-state index >= 15 is 0 Å². The smallest absolute Gasteiger partial charge is 0.341 e. The summed E-state index contributed by atoms with van der Waals surface area (Å²) in [6.45, 7) is 3.67. The van der Waals surface area contributed by atoms with E-state index < -0.39 is 5.97 Å². The lowest BCUT2D eigenvalue weighted by atomic mass is 10.2. The summed E-state index contributed by atoms with van der Waals surface area (Å²) in [6.07, 6.45) is 1.77. The van der Waals surface area contributed by atoms with Gasteiger partial charge in [0.15, 0.2) is 5.65 Å². The molecule has 15 heavy (non-hydrogen) atoms. The van der Waals surface area contributed by atoms with Crippen molar-refractivity contribution in [1.29, 1.82) is 0 Å². The van der Waals surface area contributed by atoms with Crippen LogP contribution in [0.15, 0.2) is 12.3 Å². The first-order valence-electron chi connectivity index (χ1n) is 4.54. The molecule has 5 heteroatoms. The zero-order valence-corrected chi connectivity index (χ0v) is 8.81. The van der Waals surface area contributed by atoms with Gasteiger partial charge >= 0.3 is 5.97 Å². The molecule has 2 heterocycles. The molecule has 0 atom stereocenters. The standard InChI is InChI=1S/C10H11N3O2/c1-6-4-8(10(14)15-3)9-11-7(2)5-13(9)12-6/h4-5H,1-3H3. The topological polar surface area (TPSA) is 56.5 Å². The molecule has 0 aliphatic carbocycles. The first-order valence-corrected chi connectivity index (χ1v) is 4.54. The zero-order chi connectivity index (χ0) is 11.0. The number of ether oxygens (including phenoxy) is 1. The van der Waals surface area contributed by atoms with Crippen molar-refractivity contribution in [2.45, 2.75) is 13.8 Å². The Bertz CT molecular complexity index is 531. The van der Waals surface area contributed by atoms with Gasteiger partial charge in [0, 0.05) is 0 Å². The lowest BCUT2D eigenvalue weighted by molar-refractivity contribution is 0.0602. The van der Waals surface area contributed by atoms with Gasteiger partial charge in [-0.2, -0.15) is 5.10 Å². The second-order valence-corrected chi connectivity index (χ2v) is 3.34. The van der Waals surface area contributed by atoms with Gasteiger partial charge in [-0.15, -0.1) is 0 Å². The number of carbonyl (C=O) groups is 1. The monoisotopic (exact) mass is 205 g/mol. The van der Waals surface area contributed by atoms with Crippen molar-refractivity contribution in [3.05, 3.63) is 29.2 Å². The minimum absolute atomic E-state index is 0.392. The molecule has 5 nitrogen and oxygen atoms in total. The second-order valence-electron chi connectivity index (χ2n) is 3.34. The van der Waals surface area contributed by atoms with Crippen molar-refractivity contribution in [1.82, 2.24) is 14.6 Å². The summed E-state index contributed by atoms with van der Waals surface area (Å²) in [5, 5.41) is 4.22. The molecule has 0 aromatic carbocycles. The molecule has 0 aliphatic rings. The Labute approximate surface area is 86.7 Å². The van der Waals surface area contributed by atoms with Crippen LogP contribution in [-0.4, -0.2) is 27.7 Å². The number of aryl methyl sites for hydroxylation is 2. The van der Waals surface area contributed by atoms with Crippen molar-refractivity contribution in [2.75, 3.05) is 7.11 Å². The molecule has 0 bridgehead atoms. The van der Waals surface area contributed by atoms with Crippen LogP contribution in [0.2, 0.25) is 0 Å². The number of esters is 1. The highest BCUT2D eigenvalue weighted by Crippen LogP contribution is 2.12. The predicted octanol–water partition coefficient (Wildman–Crippen LogP) is 1.13. The van der Waals surface area contributed by atoms with E-state index in [2.05, 4.69) is 14.8 Å². The number of aromatic nitrogens is 3. The molecule has 0 aliphatic heterocycles. The van der Waals surface area contributed by atoms with Crippen LogP contribution in [0.25, 0.3) is 5.65 Å². The Morgan fingerprint density at radius 1 is 1.40 bits per heavy atom. The normalized spacial score (nSPS) is 10.6.